The molecule has 1 N–H and O–H groups in total. The summed E-state index contributed by atoms with van der Waals surface area (Å²) in [6.07, 6.45) is -3.34. The van der Waals surface area contributed by atoms with Gasteiger partial charge in [0.1, 0.15) is 5.82 Å². The van der Waals surface area contributed by atoms with Crippen LogP contribution < -0.4 is 10.1 Å². The molecule has 0 aliphatic heterocycles. The summed E-state index contributed by atoms with van der Waals surface area (Å²) in [5.74, 6) is -1.43. The number of hydrogen-bond acceptors (Lipinski definition) is 3. The van der Waals surface area contributed by atoms with E-state index >= 15 is 0 Å². The maximum absolute atomic E-state index is 12.9. The smallest absolute Gasteiger partial charge is 0.422 e. The van der Waals surface area contributed by atoms with Crippen molar-refractivity contribution in [3.05, 3.63) is 52.9 Å². The average molecular weight is 349 g/mol. The Morgan fingerprint density at radius 1 is 1.26 bits per heavy atom. The van der Waals surface area contributed by atoms with Crippen molar-refractivity contribution in [3.63, 3.8) is 0 Å². The van der Waals surface area contributed by atoms with E-state index in [9.17, 15) is 22.4 Å². The summed E-state index contributed by atoms with van der Waals surface area (Å²) in [4.78, 5) is 15.6. The lowest BCUT2D eigenvalue weighted by atomic mass is 10.2. The van der Waals surface area contributed by atoms with Crippen LogP contribution in [0.25, 0.3) is 0 Å². The maximum atomic E-state index is 12.9. The lowest BCUT2D eigenvalue weighted by Gasteiger charge is -2.09. The summed E-state index contributed by atoms with van der Waals surface area (Å²) in [6.45, 7) is -1.46. The SMILES string of the molecule is O=C(Nc1ccc(OCC(F)(F)F)nc1)c1ccc(F)cc1Cl. The maximum Gasteiger partial charge on any atom is 0.422 e. The number of pyridine rings is 1. The zero-order chi connectivity index (χ0) is 17.0. The molecule has 0 fully saturated rings. The number of halogens is 5. The van der Waals surface area contributed by atoms with E-state index in [1.54, 1.807) is 0 Å². The molecule has 0 aliphatic carbocycles. The first-order valence-electron chi connectivity index (χ1n) is 6.16. The summed E-state index contributed by atoms with van der Waals surface area (Å²) < 4.78 is 53.3. The molecule has 9 heteroatoms. The molecule has 23 heavy (non-hydrogen) atoms. The third-order valence-corrected chi connectivity index (χ3v) is 2.87. The van der Waals surface area contributed by atoms with E-state index in [-0.39, 0.29) is 22.2 Å². The van der Waals surface area contributed by atoms with Crippen LogP contribution in [-0.2, 0) is 0 Å². The van der Waals surface area contributed by atoms with E-state index < -0.39 is 24.5 Å². The van der Waals surface area contributed by atoms with Crippen LogP contribution >= 0.6 is 11.6 Å². The first kappa shape index (κ1) is 17.0. The van der Waals surface area contributed by atoms with Gasteiger partial charge in [0.05, 0.1) is 22.5 Å². The van der Waals surface area contributed by atoms with Crippen molar-refractivity contribution in [3.8, 4) is 5.88 Å². The van der Waals surface area contributed by atoms with Gasteiger partial charge in [0.15, 0.2) is 6.61 Å². The van der Waals surface area contributed by atoms with E-state index in [1.807, 2.05) is 0 Å². The minimum absolute atomic E-state index is 0.0467. The van der Waals surface area contributed by atoms with Crippen LogP contribution in [0.3, 0.4) is 0 Å². The van der Waals surface area contributed by atoms with Crippen molar-refractivity contribution < 1.29 is 27.1 Å². The number of benzene rings is 1. The predicted octanol–water partition coefficient (Wildman–Crippen LogP) is 4.07. The lowest BCUT2D eigenvalue weighted by molar-refractivity contribution is -0.154. The van der Waals surface area contributed by atoms with E-state index in [4.69, 9.17) is 11.6 Å². The third kappa shape index (κ3) is 5.10. The van der Waals surface area contributed by atoms with Crippen LogP contribution in [-0.4, -0.2) is 23.7 Å². The molecule has 1 amide bonds. The lowest BCUT2D eigenvalue weighted by Crippen LogP contribution is -2.19. The Kier molecular flexibility index (Phi) is 5.05. The monoisotopic (exact) mass is 348 g/mol. The minimum Gasteiger partial charge on any atom is -0.468 e. The molecule has 0 unspecified atom stereocenters. The van der Waals surface area contributed by atoms with Crippen LogP contribution in [0, 0.1) is 5.82 Å². The molecule has 0 saturated carbocycles. The predicted molar refractivity (Wildman–Crippen MR) is 75.2 cm³/mol. The molecule has 0 aliphatic rings. The zero-order valence-corrected chi connectivity index (χ0v) is 12.1. The van der Waals surface area contributed by atoms with Gasteiger partial charge >= 0.3 is 6.18 Å². The summed E-state index contributed by atoms with van der Waals surface area (Å²) in [5, 5.41) is 2.36. The molecule has 0 saturated heterocycles. The summed E-state index contributed by atoms with van der Waals surface area (Å²) >= 11 is 5.76. The Morgan fingerprint density at radius 3 is 2.57 bits per heavy atom. The number of amides is 1. The molecular formula is C14H9ClF4N2O2. The highest BCUT2D eigenvalue weighted by molar-refractivity contribution is 6.34. The number of ether oxygens (including phenoxy) is 1. The summed E-state index contributed by atoms with van der Waals surface area (Å²) in [7, 11) is 0. The Hall–Kier alpha value is -2.35. The van der Waals surface area contributed by atoms with Crippen LogP contribution in [0.4, 0.5) is 23.2 Å². The highest BCUT2D eigenvalue weighted by atomic mass is 35.5. The topological polar surface area (TPSA) is 51.2 Å². The van der Waals surface area contributed by atoms with Gasteiger partial charge in [0.2, 0.25) is 5.88 Å². The molecule has 2 rings (SSSR count). The fraction of sp³-hybridized carbons (Fsp3) is 0.143. The molecular weight excluding hydrogens is 340 g/mol. The molecule has 4 nitrogen and oxygen atoms in total. The number of carbonyl (C=O) groups excluding carboxylic acids is 1. The third-order valence-electron chi connectivity index (χ3n) is 2.55. The number of rotatable bonds is 4. The second-order valence-electron chi connectivity index (χ2n) is 4.37. The fourth-order valence-electron chi connectivity index (χ4n) is 1.57. The van der Waals surface area contributed by atoms with E-state index in [0.717, 1.165) is 18.3 Å². The van der Waals surface area contributed by atoms with Crippen molar-refractivity contribution in [2.24, 2.45) is 0 Å². The fourth-order valence-corrected chi connectivity index (χ4v) is 1.82. The molecule has 122 valence electrons. The van der Waals surface area contributed by atoms with Crippen molar-refractivity contribution >= 4 is 23.2 Å². The molecule has 1 heterocycles. The first-order chi connectivity index (χ1) is 10.7. The number of alkyl halides is 3. The van der Waals surface area contributed by atoms with Crippen molar-refractivity contribution in [1.29, 1.82) is 0 Å². The number of carbonyl (C=O) groups is 1. The molecule has 2 aromatic rings. The Morgan fingerprint density at radius 2 is 2.00 bits per heavy atom. The highest BCUT2D eigenvalue weighted by Crippen LogP contribution is 2.20. The molecule has 0 spiro atoms. The van der Waals surface area contributed by atoms with Crippen LogP contribution in [0.1, 0.15) is 10.4 Å². The number of nitrogens with zero attached hydrogens (tertiary/aromatic N) is 1. The van der Waals surface area contributed by atoms with Crippen LogP contribution in [0.5, 0.6) is 5.88 Å². The van der Waals surface area contributed by atoms with Crippen molar-refractivity contribution in [2.45, 2.75) is 6.18 Å². The Bertz CT molecular complexity index is 705. The van der Waals surface area contributed by atoms with Crippen molar-refractivity contribution in [2.75, 3.05) is 11.9 Å². The molecule has 0 radical (unpaired) electrons. The van der Waals surface area contributed by atoms with E-state index in [2.05, 4.69) is 15.0 Å². The second-order valence-corrected chi connectivity index (χ2v) is 4.77. The van der Waals surface area contributed by atoms with E-state index in [0.29, 0.717) is 0 Å². The normalized spacial score (nSPS) is 11.2. The van der Waals surface area contributed by atoms with Crippen LogP contribution in [0.15, 0.2) is 36.5 Å². The highest BCUT2D eigenvalue weighted by Gasteiger charge is 2.28. The number of anilines is 1. The molecule has 0 atom stereocenters. The second kappa shape index (κ2) is 6.82. The van der Waals surface area contributed by atoms with Gasteiger partial charge in [-0.05, 0) is 24.3 Å². The number of hydrogen-bond donors (Lipinski definition) is 1. The van der Waals surface area contributed by atoms with Gasteiger partial charge in [-0.1, -0.05) is 11.6 Å². The van der Waals surface area contributed by atoms with Crippen LogP contribution in [0.2, 0.25) is 5.02 Å². The van der Waals surface area contributed by atoms with Gasteiger partial charge in [-0.25, -0.2) is 9.37 Å². The Balaban J connectivity index is 2.01. The van der Waals surface area contributed by atoms with Gasteiger partial charge in [0, 0.05) is 6.07 Å². The molecule has 1 aromatic heterocycles. The van der Waals surface area contributed by atoms with Crippen molar-refractivity contribution in [1.82, 2.24) is 4.98 Å². The van der Waals surface area contributed by atoms with E-state index in [1.165, 1.54) is 18.2 Å². The van der Waals surface area contributed by atoms with Gasteiger partial charge in [-0.2, -0.15) is 13.2 Å². The largest absolute Gasteiger partial charge is 0.468 e. The standard InChI is InChI=1S/C14H9ClF4N2O2/c15-11-5-8(16)1-3-10(11)13(22)21-9-2-4-12(20-6-9)23-7-14(17,18)19/h1-6H,7H2,(H,21,22). The number of nitrogens with one attached hydrogen (secondary N) is 1. The number of aromatic nitrogens is 1. The van der Waals surface area contributed by atoms with Gasteiger partial charge in [0.25, 0.3) is 5.91 Å². The summed E-state index contributed by atoms with van der Waals surface area (Å²) in [5.41, 5.74) is 0.264. The Labute approximate surface area is 133 Å². The summed E-state index contributed by atoms with van der Waals surface area (Å²) in [6, 6.07) is 5.76. The molecule has 0 bridgehead atoms. The first-order valence-corrected chi connectivity index (χ1v) is 6.54. The quantitative estimate of drug-likeness (QED) is 0.847. The van der Waals surface area contributed by atoms with Gasteiger partial charge in [-0.3, -0.25) is 4.79 Å². The van der Waals surface area contributed by atoms with Gasteiger partial charge < -0.3 is 10.1 Å². The van der Waals surface area contributed by atoms with Gasteiger partial charge in [-0.15, -0.1) is 0 Å². The average Bonchev–Trinajstić information content (AvgIpc) is 2.45. The molecule has 1 aromatic carbocycles. The minimum atomic E-state index is -4.46. The zero-order valence-electron chi connectivity index (χ0n) is 11.3.